The fourth-order valence-corrected chi connectivity index (χ4v) is 2.95. The second-order valence-corrected chi connectivity index (χ2v) is 5.94. The van der Waals surface area contributed by atoms with Crippen LogP contribution in [0.1, 0.15) is 20.8 Å². The molecule has 13 heavy (non-hydrogen) atoms. The number of nitrogens with zero attached hydrogens (tertiary/aromatic N) is 1. The molecular weight excluding hydrogens is 188 g/mol. The smallest absolute Gasteiger partial charge is 0.213 e. The standard InChI is InChI=1S/C8H18N2O2S/c1-4-13(11,12)10-5-7(2)9-8(3)6-10/h7-9H,4-6H2,1-3H3. The van der Waals surface area contributed by atoms with E-state index in [0.717, 1.165) is 0 Å². The van der Waals surface area contributed by atoms with Crippen LogP contribution in [0.5, 0.6) is 0 Å². The van der Waals surface area contributed by atoms with Crippen LogP contribution in [0.4, 0.5) is 0 Å². The van der Waals surface area contributed by atoms with Crippen molar-refractivity contribution < 1.29 is 8.42 Å². The van der Waals surface area contributed by atoms with E-state index >= 15 is 0 Å². The van der Waals surface area contributed by atoms with Crippen LogP contribution < -0.4 is 5.32 Å². The first-order valence-corrected chi connectivity index (χ1v) is 6.30. The SMILES string of the molecule is CCS(=O)(=O)N1CC(C)NC(C)C1. The van der Waals surface area contributed by atoms with Crippen LogP contribution in [0.25, 0.3) is 0 Å². The van der Waals surface area contributed by atoms with Gasteiger partial charge in [0.15, 0.2) is 0 Å². The van der Waals surface area contributed by atoms with Gasteiger partial charge in [0.1, 0.15) is 0 Å². The predicted molar refractivity (Wildman–Crippen MR) is 53.1 cm³/mol. The van der Waals surface area contributed by atoms with Crippen molar-refractivity contribution in [1.29, 1.82) is 0 Å². The summed E-state index contributed by atoms with van der Waals surface area (Å²) < 4.78 is 24.7. The molecule has 1 heterocycles. The average molecular weight is 206 g/mol. The molecule has 78 valence electrons. The van der Waals surface area contributed by atoms with Gasteiger partial charge in [-0.2, -0.15) is 4.31 Å². The summed E-state index contributed by atoms with van der Waals surface area (Å²) in [6, 6.07) is 0.509. The van der Waals surface area contributed by atoms with Crippen molar-refractivity contribution in [2.24, 2.45) is 0 Å². The van der Waals surface area contributed by atoms with E-state index in [4.69, 9.17) is 0 Å². The summed E-state index contributed by atoms with van der Waals surface area (Å²) in [5.74, 6) is 0.201. The highest BCUT2D eigenvalue weighted by atomic mass is 32.2. The van der Waals surface area contributed by atoms with Gasteiger partial charge in [-0.15, -0.1) is 0 Å². The van der Waals surface area contributed by atoms with Gasteiger partial charge >= 0.3 is 0 Å². The van der Waals surface area contributed by atoms with Gasteiger partial charge in [-0.3, -0.25) is 0 Å². The van der Waals surface area contributed by atoms with E-state index < -0.39 is 10.0 Å². The molecule has 2 atom stereocenters. The molecule has 1 rings (SSSR count). The van der Waals surface area contributed by atoms with Crippen molar-refractivity contribution in [3.05, 3.63) is 0 Å². The average Bonchev–Trinajstić information content (AvgIpc) is 2.02. The molecular formula is C8H18N2O2S. The topological polar surface area (TPSA) is 49.4 Å². The normalized spacial score (nSPS) is 31.9. The first kappa shape index (κ1) is 10.9. The lowest BCUT2D eigenvalue weighted by atomic mass is 10.2. The number of nitrogens with one attached hydrogen (secondary N) is 1. The number of hydrogen-bond acceptors (Lipinski definition) is 3. The van der Waals surface area contributed by atoms with Crippen LogP contribution >= 0.6 is 0 Å². The van der Waals surface area contributed by atoms with Crippen molar-refractivity contribution in [2.45, 2.75) is 32.9 Å². The van der Waals surface area contributed by atoms with Crippen LogP contribution in [0.2, 0.25) is 0 Å². The number of rotatable bonds is 2. The molecule has 0 bridgehead atoms. The summed E-state index contributed by atoms with van der Waals surface area (Å²) in [5, 5.41) is 3.30. The van der Waals surface area contributed by atoms with Crippen molar-refractivity contribution >= 4 is 10.0 Å². The molecule has 5 heteroatoms. The van der Waals surface area contributed by atoms with E-state index in [0.29, 0.717) is 13.1 Å². The molecule has 1 fully saturated rings. The highest BCUT2D eigenvalue weighted by Crippen LogP contribution is 2.09. The van der Waals surface area contributed by atoms with Gasteiger partial charge in [0.25, 0.3) is 0 Å². The Morgan fingerprint density at radius 1 is 1.31 bits per heavy atom. The maximum Gasteiger partial charge on any atom is 0.213 e. The molecule has 1 aliphatic heterocycles. The first-order valence-electron chi connectivity index (χ1n) is 4.69. The van der Waals surface area contributed by atoms with Crippen LogP contribution in [0.3, 0.4) is 0 Å². The molecule has 0 spiro atoms. The molecule has 0 amide bonds. The lowest BCUT2D eigenvalue weighted by Gasteiger charge is -2.34. The quantitative estimate of drug-likeness (QED) is 0.693. The Morgan fingerprint density at radius 2 is 1.77 bits per heavy atom. The number of piperazine rings is 1. The molecule has 1 saturated heterocycles. The molecule has 4 nitrogen and oxygen atoms in total. The molecule has 0 aromatic heterocycles. The van der Waals surface area contributed by atoms with Crippen LogP contribution in [0.15, 0.2) is 0 Å². The van der Waals surface area contributed by atoms with Crippen molar-refractivity contribution in [3.8, 4) is 0 Å². The second kappa shape index (κ2) is 3.94. The monoisotopic (exact) mass is 206 g/mol. The van der Waals surface area contributed by atoms with E-state index in [-0.39, 0.29) is 17.8 Å². The van der Waals surface area contributed by atoms with Gasteiger partial charge in [-0.05, 0) is 20.8 Å². The van der Waals surface area contributed by atoms with Gasteiger partial charge in [0.2, 0.25) is 10.0 Å². The molecule has 1 N–H and O–H groups in total. The van der Waals surface area contributed by atoms with Gasteiger partial charge in [-0.25, -0.2) is 8.42 Å². The van der Waals surface area contributed by atoms with Crippen molar-refractivity contribution in [3.63, 3.8) is 0 Å². The van der Waals surface area contributed by atoms with Crippen LogP contribution in [-0.4, -0.2) is 43.6 Å². The first-order chi connectivity index (χ1) is 5.95. The zero-order valence-corrected chi connectivity index (χ0v) is 9.26. The van der Waals surface area contributed by atoms with Gasteiger partial charge in [0, 0.05) is 25.2 Å². The second-order valence-electron chi connectivity index (χ2n) is 3.69. The molecule has 0 aliphatic carbocycles. The zero-order chi connectivity index (χ0) is 10.1. The fourth-order valence-electron chi connectivity index (χ4n) is 1.69. The maximum absolute atomic E-state index is 11.5. The Kier molecular flexibility index (Phi) is 3.32. The van der Waals surface area contributed by atoms with Crippen molar-refractivity contribution in [1.82, 2.24) is 9.62 Å². The maximum atomic E-state index is 11.5. The van der Waals surface area contributed by atoms with Gasteiger partial charge < -0.3 is 5.32 Å². The lowest BCUT2D eigenvalue weighted by Crippen LogP contribution is -2.56. The molecule has 2 unspecified atom stereocenters. The number of sulfonamides is 1. The zero-order valence-electron chi connectivity index (χ0n) is 8.45. The molecule has 0 saturated carbocycles. The third-order valence-corrected chi connectivity index (χ3v) is 4.10. The van der Waals surface area contributed by atoms with E-state index in [9.17, 15) is 8.42 Å². The summed E-state index contributed by atoms with van der Waals surface area (Å²) in [6.45, 7) is 6.90. The Balaban J connectivity index is 2.71. The minimum Gasteiger partial charge on any atom is -0.309 e. The van der Waals surface area contributed by atoms with Gasteiger partial charge in [0.05, 0.1) is 5.75 Å². The summed E-state index contributed by atoms with van der Waals surface area (Å²) in [6.07, 6.45) is 0. The lowest BCUT2D eigenvalue weighted by molar-refractivity contribution is 0.263. The summed E-state index contributed by atoms with van der Waals surface area (Å²) in [7, 11) is -2.99. The number of hydrogen-bond donors (Lipinski definition) is 1. The third-order valence-electron chi connectivity index (χ3n) is 2.28. The molecule has 0 radical (unpaired) electrons. The summed E-state index contributed by atoms with van der Waals surface area (Å²) in [5.41, 5.74) is 0. The van der Waals surface area contributed by atoms with E-state index in [1.807, 2.05) is 13.8 Å². The minimum absolute atomic E-state index is 0.201. The predicted octanol–water partition coefficient (Wildman–Crippen LogP) is 0.0183. The Labute approximate surface area is 80.4 Å². The highest BCUT2D eigenvalue weighted by molar-refractivity contribution is 7.89. The molecule has 0 aromatic carbocycles. The van der Waals surface area contributed by atoms with Crippen molar-refractivity contribution in [2.75, 3.05) is 18.8 Å². The largest absolute Gasteiger partial charge is 0.309 e. The fraction of sp³-hybridized carbons (Fsp3) is 1.00. The Morgan fingerprint density at radius 3 is 2.15 bits per heavy atom. The van der Waals surface area contributed by atoms with E-state index in [2.05, 4.69) is 5.32 Å². The van der Waals surface area contributed by atoms with Crippen LogP contribution in [0, 0.1) is 0 Å². The van der Waals surface area contributed by atoms with Crippen LogP contribution in [-0.2, 0) is 10.0 Å². The Bertz CT molecular complexity index is 253. The Hall–Kier alpha value is -0.130. The minimum atomic E-state index is -2.99. The molecule has 0 aromatic rings. The van der Waals surface area contributed by atoms with Gasteiger partial charge in [-0.1, -0.05) is 0 Å². The third kappa shape index (κ3) is 2.65. The summed E-state index contributed by atoms with van der Waals surface area (Å²) >= 11 is 0. The van der Waals surface area contributed by atoms with E-state index in [1.54, 1.807) is 11.2 Å². The molecule has 1 aliphatic rings. The highest BCUT2D eigenvalue weighted by Gasteiger charge is 2.28. The van der Waals surface area contributed by atoms with E-state index in [1.165, 1.54) is 0 Å². The summed E-state index contributed by atoms with van der Waals surface area (Å²) in [4.78, 5) is 0.